The molecule has 86 valence electrons. The number of rotatable bonds is 6. The zero-order valence-electron chi connectivity index (χ0n) is 10.6. The van der Waals surface area contributed by atoms with E-state index >= 15 is 0 Å². The van der Waals surface area contributed by atoms with Gasteiger partial charge in [0.15, 0.2) is 0 Å². The minimum absolute atomic E-state index is 0.464. The van der Waals surface area contributed by atoms with Crippen molar-refractivity contribution in [3.63, 3.8) is 0 Å². The van der Waals surface area contributed by atoms with Crippen LogP contribution in [0.3, 0.4) is 0 Å². The maximum absolute atomic E-state index is 5.50. The molecule has 0 spiro atoms. The molecule has 0 radical (unpaired) electrons. The first-order chi connectivity index (χ1) is 6.35. The largest absolute Gasteiger partial charge is 0.329 e. The van der Waals surface area contributed by atoms with Crippen LogP contribution in [0.4, 0.5) is 0 Å². The lowest BCUT2D eigenvalue weighted by Gasteiger charge is -2.25. The van der Waals surface area contributed by atoms with Gasteiger partial charge in [-0.3, -0.25) is 0 Å². The summed E-state index contributed by atoms with van der Waals surface area (Å²) in [6.07, 6.45) is 2.59. The Morgan fingerprint density at radius 3 is 2.21 bits per heavy atom. The average Bonchev–Trinajstić information content (AvgIpc) is 1.98. The average molecular weight is 200 g/mol. The smallest absolute Gasteiger partial charge is 0.0102 e. The Morgan fingerprint density at radius 2 is 1.79 bits per heavy atom. The Kier molecular flexibility index (Phi) is 6.38. The molecule has 0 amide bonds. The van der Waals surface area contributed by atoms with Crippen molar-refractivity contribution in [1.29, 1.82) is 0 Å². The SMILES string of the molecule is CC(CCN(C)CCN)CC(C)(C)C. The summed E-state index contributed by atoms with van der Waals surface area (Å²) in [6.45, 7) is 12.2. The van der Waals surface area contributed by atoms with Crippen LogP contribution in [0.5, 0.6) is 0 Å². The number of nitrogens with zero attached hydrogens (tertiary/aromatic N) is 1. The van der Waals surface area contributed by atoms with Crippen molar-refractivity contribution in [3.05, 3.63) is 0 Å². The molecule has 1 atom stereocenters. The molecule has 2 nitrogen and oxygen atoms in total. The van der Waals surface area contributed by atoms with E-state index in [0.717, 1.165) is 19.0 Å². The highest BCUT2D eigenvalue weighted by atomic mass is 15.1. The highest BCUT2D eigenvalue weighted by Crippen LogP contribution is 2.25. The third-order valence-corrected chi connectivity index (χ3v) is 2.48. The van der Waals surface area contributed by atoms with Gasteiger partial charge in [-0.05, 0) is 37.8 Å². The van der Waals surface area contributed by atoms with E-state index in [1.54, 1.807) is 0 Å². The monoisotopic (exact) mass is 200 g/mol. The summed E-state index contributed by atoms with van der Waals surface area (Å²) in [5.41, 5.74) is 5.96. The van der Waals surface area contributed by atoms with Gasteiger partial charge in [0, 0.05) is 13.1 Å². The van der Waals surface area contributed by atoms with Crippen LogP contribution in [0, 0.1) is 11.3 Å². The molecule has 2 N–H and O–H groups in total. The van der Waals surface area contributed by atoms with Crippen LogP contribution >= 0.6 is 0 Å². The predicted octanol–water partition coefficient (Wildman–Crippen LogP) is 2.34. The highest BCUT2D eigenvalue weighted by molar-refractivity contribution is 4.67. The fourth-order valence-electron chi connectivity index (χ4n) is 1.92. The summed E-state index contributed by atoms with van der Waals surface area (Å²) in [5.74, 6) is 0.815. The van der Waals surface area contributed by atoms with E-state index in [4.69, 9.17) is 5.73 Å². The maximum Gasteiger partial charge on any atom is 0.0102 e. The van der Waals surface area contributed by atoms with E-state index in [-0.39, 0.29) is 0 Å². The van der Waals surface area contributed by atoms with Gasteiger partial charge in [-0.25, -0.2) is 0 Å². The van der Waals surface area contributed by atoms with Crippen LogP contribution in [-0.2, 0) is 0 Å². The molecule has 0 bridgehead atoms. The Balaban J connectivity index is 3.58. The van der Waals surface area contributed by atoms with E-state index < -0.39 is 0 Å². The van der Waals surface area contributed by atoms with Gasteiger partial charge in [-0.15, -0.1) is 0 Å². The first-order valence-electron chi connectivity index (χ1n) is 5.74. The number of hydrogen-bond donors (Lipinski definition) is 1. The topological polar surface area (TPSA) is 29.3 Å². The fourth-order valence-corrected chi connectivity index (χ4v) is 1.92. The zero-order valence-corrected chi connectivity index (χ0v) is 10.6. The van der Waals surface area contributed by atoms with Crippen molar-refractivity contribution in [2.45, 2.75) is 40.5 Å². The zero-order chi connectivity index (χ0) is 11.2. The van der Waals surface area contributed by atoms with Gasteiger partial charge in [0.2, 0.25) is 0 Å². The van der Waals surface area contributed by atoms with Gasteiger partial charge in [-0.2, -0.15) is 0 Å². The fraction of sp³-hybridized carbons (Fsp3) is 1.00. The minimum atomic E-state index is 0.464. The molecule has 0 aliphatic carbocycles. The van der Waals surface area contributed by atoms with Crippen molar-refractivity contribution in [2.24, 2.45) is 17.1 Å². The lowest BCUT2D eigenvalue weighted by atomic mass is 9.84. The first kappa shape index (κ1) is 13.9. The molecular weight excluding hydrogens is 172 g/mol. The summed E-state index contributed by atoms with van der Waals surface area (Å²) >= 11 is 0. The second kappa shape index (κ2) is 6.41. The van der Waals surface area contributed by atoms with E-state index in [9.17, 15) is 0 Å². The normalized spacial score (nSPS) is 14.8. The van der Waals surface area contributed by atoms with Crippen LogP contribution in [0.1, 0.15) is 40.5 Å². The number of nitrogens with two attached hydrogens (primary N) is 1. The van der Waals surface area contributed by atoms with Crippen LogP contribution in [0.15, 0.2) is 0 Å². The van der Waals surface area contributed by atoms with Crippen LogP contribution in [0.25, 0.3) is 0 Å². The third-order valence-electron chi connectivity index (χ3n) is 2.48. The molecule has 0 aromatic heterocycles. The standard InChI is InChI=1S/C12H28N2/c1-11(10-12(2,3)4)6-8-14(5)9-7-13/h11H,6-10,13H2,1-5H3. The highest BCUT2D eigenvalue weighted by Gasteiger charge is 2.15. The Bertz CT molecular complexity index is 138. The number of likely N-dealkylation sites (N-methyl/N-ethyl adjacent to an activating group) is 1. The first-order valence-corrected chi connectivity index (χ1v) is 5.74. The van der Waals surface area contributed by atoms with E-state index in [1.807, 2.05) is 0 Å². The quantitative estimate of drug-likeness (QED) is 0.713. The Morgan fingerprint density at radius 1 is 1.21 bits per heavy atom. The number of hydrogen-bond acceptors (Lipinski definition) is 2. The Labute approximate surface area is 89.9 Å². The molecular formula is C12H28N2. The summed E-state index contributed by atoms with van der Waals surface area (Å²) in [5, 5.41) is 0. The van der Waals surface area contributed by atoms with Crippen LogP contribution in [-0.4, -0.2) is 31.6 Å². The molecule has 0 aromatic carbocycles. The van der Waals surface area contributed by atoms with Crippen LogP contribution in [0.2, 0.25) is 0 Å². The predicted molar refractivity (Wildman–Crippen MR) is 64.4 cm³/mol. The summed E-state index contributed by atoms with van der Waals surface area (Å²) in [7, 11) is 2.15. The molecule has 0 rings (SSSR count). The van der Waals surface area contributed by atoms with Gasteiger partial charge in [0.1, 0.15) is 0 Å². The molecule has 2 heteroatoms. The summed E-state index contributed by atoms with van der Waals surface area (Å²) in [4.78, 5) is 2.32. The van der Waals surface area contributed by atoms with Gasteiger partial charge >= 0.3 is 0 Å². The van der Waals surface area contributed by atoms with Crippen LogP contribution < -0.4 is 5.73 Å². The molecule has 0 fully saturated rings. The summed E-state index contributed by atoms with van der Waals surface area (Å²) < 4.78 is 0. The molecule has 0 saturated heterocycles. The minimum Gasteiger partial charge on any atom is -0.329 e. The second-order valence-corrected chi connectivity index (χ2v) is 5.75. The van der Waals surface area contributed by atoms with Gasteiger partial charge in [-0.1, -0.05) is 27.7 Å². The van der Waals surface area contributed by atoms with E-state index in [1.165, 1.54) is 19.4 Å². The maximum atomic E-state index is 5.50. The van der Waals surface area contributed by atoms with E-state index in [2.05, 4.69) is 39.6 Å². The molecule has 14 heavy (non-hydrogen) atoms. The lowest BCUT2D eigenvalue weighted by Crippen LogP contribution is -2.27. The molecule has 1 unspecified atom stereocenters. The second-order valence-electron chi connectivity index (χ2n) is 5.75. The third kappa shape index (κ3) is 8.52. The molecule has 0 aliphatic heterocycles. The van der Waals surface area contributed by atoms with Gasteiger partial charge < -0.3 is 10.6 Å². The van der Waals surface area contributed by atoms with E-state index in [0.29, 0.717) is 5.41 Å². The van der Waals surface area contributed by atoms with Gasteiger partial charge in [0.25, 0.3) is 0 Å². The molecule has 0 aliphatic rings. The molecule has 0 heterocycles. The van der Waals surface area contributed by atoms with Crippen molar-refractivity contribution in [1.82, 2.24) is 4.90 Å². The van der Waals surface area contributed by atoms with Crippen molar-refractivity contribution < 1.29 is 0 Å². The summed E-state index contributed by atoms with van der Waals surface area (Å²) in [6, 6.07) is 0. The van der Waals surface area contributed by atoms with Crippen molar-refractivity contribution in [2.75, 3.05) is 26.7 Å². The Hall–Kier alpha value is -0.0800. The van der Waals surface area contributed by atoms with Crippen molar-refractivity contribution in [3.8, 4) is 0 Å². The van der Waals surface area contributed by atoms with Crippen molar-refractivity contribution >= 4 is 0 Å². The molecule has 0 aromatic rings. The van der Waals surface area contributed by atoms with Gasteiger partial charge in [0.05, 0.1) is 0 Å². The molecule has 0 saturated carbocycles. The lowest BCUT2D eigenvalue weighted by molar-refractivity contribution is 0.258.